The summed E-state index contributed by atoms with van der Waals surface area (Å²) in [7, 11) is 0. The van der Waals surface area contributed by atoms with Crippen molar-refractivity contribution >= 4 is 52.4 Å². The zero-order chi connectivity index (χ0) is 8.15. The van der Waals surface area contributed by atoms with Crippen molar-refractivity contribution < 1.29 is 14.7 Å². The van der Waals surface area contributed by atoms with Crippen LogP contribution in [-0.4, -0.2) is 51.5 Å². The molecule has 1 radical (unpaired) electrons. The molecule has 0 aromatic heterocycles. The molecule has 0 bridgehead atoms. The summed E-state index contributed by atoms with van der Waals surface area (Å²) in [5.41, 5.74) is 0. The van der Waals surface area contributed by atoms with Gasteiger partial charge in [0.15, 0.2) is 5.12 Å². The molecule has 0 aromatic rings. The van der Waals surface area contributed by atoms with Gasteiger partial charge in [-0.2, -0.15) is 0 Å². The zero-order valence-corrected chi connectivity index (χ0v) is 9.77. The van der Waals surface area contributed by atoms with E-state index >= 15 is 0 Å². The molecular weight excluding hydrogens is 175 g/mol. The van der Waals surface area contributed by atoms with Crippen molar-refractivity contribution in [2.75, 3.05) is 5.75 Å². The van der Waals surface area contributed by atoms with E-state index < -0.39 is 11.9 Å². The monoisotopic (exact) mass is 185 g/mol. The Morgan fingerprint density at radius 3 is 2.27 bits per heavy atom. The Morgan fingerprint density at radius 2 is 2.00 bits per heavy atom. The second-order valence-corrected chi connectivity index (χ2v) is 3.24. The van der Waals surface area contributed by atoms with Gasteiger partial charge in [0.2, 0.25) is 0 Å². The van der Waals surface area contributed by atoms with Crippen LogP contribution in [0.25, 0.3) is 0 Å². The van der Waals surface area contributed by atoms with E-state index in [1.807, 2.05) is 0 Å². The number of carbonyl (C=O) groups is 2. The SMILES string of the molecule is CC(=O)SCC(C)C(=O)O.[Na]. The zero-order valence-electron chi connectivity index (χ0n) is 6.96. The molecule has 0 saturated heterocycles. The average Bonchev–Trinajstić information content (AvgIpc) is 1.82. The number of hydrogen-bond donors (Lipinski definition) is 1. The Labute approximate surface area is 92.2 Å². The van der Waals surface area contributed by atoms with Gasteiger partial charge in [-0.25, -0.2) is 0 Å². The van der Waals surface area contributed by atoms with Gasteiger partial charge < -0.3 is 5.11 Å². The topological polar surface area (TPSA) is 54.4 Å². The van der Waals surface area contributed by atoms with Crippen molar-refractivity contribution in [3.63, 3.8) is 0 Å². The van der Waals surface area contributed by atoms with Crippen molar-refractivity contribution in [1.29, 1.82) is 0 Å². The maximum atomic E-state index is 10.3. The van der Waals surface area contributed by atoms with Gasteiger partial charge in [0, 0.05) is 42.2 Å². The Kier molecular flexibility index (Phi) is 9.13. The van der Waals surface area contributed by atoms with Crippen molar-refractivity contribution in [2.24, 2.45) is 5.92 Å². The van der Waals surface area contributed by atoms with Crippen molar-refractivity contribution in [3.8, 4) is 0 Å². The molecule has 11 heavy (non-hydrogen) atoms. The van der Waals surface area contributed by atoms with Gasteiger partial charge in [0.1, 0.15) is 0 Å². The van der Waals surface area contributed by atoms with Gasteiger partial charge >= 0.3 is 5.97 Å². The molecule has 0 fully saturated rings. The van der Waals surface area contributed by atoms with E-state index in [1.165, 1.54) is 6.92 Å². The second kappa shape index (κ2) is 7.16. The Morgan fingerprint density at radius 1 is 1.55 bits per heavy atom. The average molecular weight is 185 g/mol. The standard InChI is InChI=1S/C6H10O3S.Na/c1-4(6(8)9)3-10-5(2)7;/h4H,3H2,1-2H3,(H,8,9);. The third-order valence-electron chi connectivity index (χ3n) is 0.958. The molecule has 1 atom stereocenters. The minimum atomic E-state index is -0.853. The molecule has 59 valence electrons. The van der Waals surface area contributed by atoms with Crippen LogP contribution in [0.3, 0.4) is 0 Å². The van der Waals surface area contributed by atoms with E-state index in [0.717, 1.165) is 11.8 Å². The van der Waals surface area contributed by atoms with Crippen LogP contribution in [0.5, 0.6) is 0 Å². The Hall–Kier alpha value is 0.490. The van der Waals surface area contributed by atoms with Gasteiger partial charge in [-0.3, -0.25) is 9.59 Å². The van der Waals surface area contributed by atoms with E-state index in [-0.39, 0.29) is 34.7 Å². The maximum Gasteiger partial charge on any atom is 0.307 e. The molecule has 0 rings (SSSR count). The van der Waals surface area contributed by atoms with Gasteiger partial charge in [-0.05, 0) is 0 Å². The quantitative estimate of drug-likeness (QED) is 0.654. The normalized spacial score (nSPS) is 11.5. The molecule has 1 unspecified atom stereocenters. The molecule has 0 spiro atoms. The number of rotatable bonds is 3. The van der Waals surface area contributed by atoms with Crippen LogP contribution >= 0.6 is 11.8 Å². The maximum absolute atomic E-state index is 10.3. The fraction of sp³-hybridized carbons (Fsp3) is 0.667. The first-order valence-corrected chi connectivity index (χ1v) is 3.88. The molecule has 3 nitrogen and oxygen atoms in total. The number of carbonyl (C=O) groups excluding carboxylic acids is 1. The van der Waals surface area contributed by atoms with Crippen LogP contribution in [0.2, 0.25) is 0 Å². The van der Waals surface area contributed by atoms with E-state index in [0.29, 0.717) is 5.75 Å². The van der Waals surface area contributed by atoms with Crippen LogP contribution in [-0.2, 0) is 9.59 Å². The molecule has 5 heteroatoms. The summed E-state index contributed by atoms with van der Waals surface area (Å²) in [5.74, 6) is -0.923. The van der Waals surface area contributed by atoms with E-state index in [4.69, 9.17) is 5.11 Å². The molecule has 1 N–H and O–H groups in total. The summed E-state index contributed by atoms with van der Waals surface area (Å²) >= 11 is 1.05. The van der Waals surface area contributed by atoms with Crippen LogP contribution in [0.4, 0.5) is 0 Å². The van der Waals surface area contributed by atoms with Crippen molar-refractivity contribution in [1.82, 2.24) is 0 Å². The number of carboxylic acid groups (broad SMARTS) is 1. The first-order chi connectivity index (χ1) is 4.54. The fourth-order valence-corrected chi connectivity index (χ4v) is 0.941. The predicted molar refractivity (Wildman–Crippen MR) is 45.7 cm³/mol. The van der Waals surface area contributed by atoms with Gasteiger partial charge in [-0.15, -0.1) is 0 Å². The third-order valence-corrected chi connectivity index (χ3v) is 2.03. The largest absolute Gasteiger partial charge is 0.481 e. The molecule has 0 aliphatic heterocycles. The Bertz CT molecular complexity index is 149. The van der Waals surface area contributed by atoms with Gasteiger partial charge in [-0.1, -0.05) is 18.7 Å². The fourth-order valence-electron chi connectivity index (χ4n) is 0.314. The summed E-state index contributed by atoms with van der Waals surface area (Å²) in [6, 6.07) is 0. The summed E-state index contributed by atoms with van der Waals surface area (Å²) in [5, 5.41) is 8.34. The Balaban J connectivity index is 0. The van der Waals surface area contributed by atoms with Gasteiger partial charge in [0.05, 0.1) is 5.92 Å². The molecule has 0 aliphatic rings. The van der Waals surface area contributed by atoms with Crippen LogP contribution < -0.4 is 0 Å². The van der Waals surface area contributed by atoms with Gasteiger partial charge in [0.25, 0.3) is 0 Å². The number of hydrogen-bond acceptors (Lipinski definition) is 3. The summed E-state index contributed by atoms with van der Waals surface area (Å²) in [4.78, 5) is 20.5. The second-order valence-electron chi connectivity index (χ2n) is 2.04. The predicted octanol–water partition coefficient (Wildman–Crippen LogP) is 0.606. The molecule has 0 aromatic carbocycles. The number of thioether (sulfide) groups is 1. The van der Waals surface area contributed by atoms with Crippen LogP contribution in [0, 0.1) is 5.92 Å². The number of carboxylic acids is 1. The van der Waals surface area contributed by atoms with Crippen LogP contribution in [0.15, 0.2) is 0 Å². The van der Waals surface area contributed by atoms with E-state index in [1.54, 1.807) is 6.92 Å². The third kappa shape index (κ3) is 8.40. The smallest absolute Gasteiger partial charge is 0.307 e. The number of aliphatic carboxylic acids is 1. The molecule has 0 heterocycles. The van der Waals surface area contributed by atoms with E-state index in [2.05, 4.69) is 0 Å². The van der Waals surface area contributed by atoms with Crippen LogP contribution in [0.1, 0.15) is 13.8 Å². The molecular formula is C6H10NaO3S. The molecule has 0 amide bonds. The summed E-state index contributed by atoms with van der Waals surface area (Å²) in [6.45, 7) is 3.01. The summed E-state index contributed by atoms with van der Waals surface area (Å²) in [6.07, 6.45) is 0. The van der Waals surface area contributed by atoms with E-state index in [9.17, 15) is 9.59 Å². The van der Waals surface area contributed by atoms with Crippen molar-refractivity contribution in [2.45, 2.75) is 13.8 Å². The van der Waals surface area contributed by atoms with Crippen molar-refractivity contribution in [3.05, 3.63) is 0 Å². The minimum absolute atomic E-state index is 0. The first-order valence-electron chi connectivity index (χ1n) is 2.90. The summed E-state index contributed by atoms with van der Waals surface area (Å²) < 4.78 is 0. The molecule has 0 saturated carbocycles. The molecule has 0 aliphatic carbocycles. The first kappa shape index (κ1) is 14.0. The minimum Gasteiger partial charge on any atom is -0.481 e.